The van der Waals surface area contributed by atoms with Crippen LogP contribution in [0, 0.1) is 24.4 Å². The van der Waals surface area contributed by atoms with Crippen molar-refractivity contribution in [1.29, 1.82) is 0 Å². The smallest absolute Gasteiger partial charge is 0.315 e. The van der Waals surface area contributed by atoms with Gasteiger partial charge in [-0.1, -0.05) is 31.9 Å². The molecule has 0 atom stereocenters. The second-order valence-corrected chi connectivity index (χ2v) is 5.73. The van der Waals surface area contributed by atoms with Crippen LogP contribution >= 0.6 is 0 Å². The molecule has 0 spiro atoms. The zero-order valence-electron chi connectivity index (χ0n) is 16.2. The number of benzene rings is 2. The SMILES string of the molecule is CC.CCCNc1nnc(-c2ccc(F)c(F)c2Nc2ccc(C)cc2F)o1. The van der Waals surface area contributed by atoms with Crippen molar-refractivity contribution in [3.05, 3.63) is 53.3 Å². The molecule has 8 heteroatoms. The fourth-order valence-electron chi connectivity index (χ4n) is 2.34. The first-order valence-electron chi connectivity index (χ1n) is 9.08. The second kappa shape index (κ2) is 9.77. The van der Waals surface area contributed by atoms with Gasteiger partial charge in [0.2, 0.25) is 0 Å². The van der Waals surface area contributed by atoms with E-state index in [4.69, 9.17) is 4.42 Å². The van der Waals surface area contributed by atoms with Gasteiger partial charge in [0.05, 0.1) is 16.9 Å². The Kier molecular flexibility index (Phi) is 7.43. The van der Waals surface area contributed by atoms with E-state index in [0.29, 0.717) is 12.1 Å². The first-order chi connectivity index (χ1) is 13.5. The molecule has 0 aliphatic rings. The molecular formula is C20H23F3N4O. The molecule has 0 aliphatic heterocycles. The fraction of sp³-hybridized carbons (Fsp3) is 0.300. The van der Waals surface area contributed by atoms with Crippen molar-refractivity contribution in [1.82, 2.24) is 10.2 Å². The van der Waals surface area contributed by atoms with E-state index in [1.165, 1.54) is 18.2 Å². The molecule has 0 saturated heterocycles. The highest BCUT2D eigenvalue weighted by Gasteiger charge is 2.20. The quantitative estimate of drug-likeness (QED) is 0.534. The minimum atomic E-state index is -1.16. The first kappa shape index (κ1) is 21.3. The minimum absolute atomic E-state index is 0.00481. The maximum absolute atomic E-state index is 14.4. The Morgan fingerprint density at radius 2 is 1.75 bits per heavy atom. The fourth-order valence-corrected chi connectivity index (χ4v) is 2.34. The highest BCUT2D eigenvalue weighted by Crippen LogP contribution is 2.34. The summed E-state index contributed by atoms with van der Waals surface area (Å²) in [5.41, 5.74) is 0.557. The van der Waals surface area contributed by atoms with Crippen LogP contribution in [0.1, 0.15) is 32.8 Å². The number of nitrogens with one attached hydrogen (secondary N) is 2. The topological polar surface area (TPSA) is 63.0 Å². The number of anilines is 3. The third kappa shape index (κ3) is 4.82. The highest BCUT2D eigenvalue weighted by atomic mass is 19.2. The number of aryl methyl sites for hydroxylation is 1. The van der Waals surface area contributed by atoms with Gasteiger partial charge >= 0.3 is 6.01 Å². The average Bonchev–Trinajstić information content (AvgIpc) is 3.16. The van der Waals surface area contributed by atoms with Gasteiger partial charge < -0.3 is 15.1 Å². The minimum Gasteiger partial charge on any atom is -0.403 e. The van der Waals surface area contributed by atoms with Crippen molar-refractivity contribution >= 4 is 17.4 Å². The van der Waals surface area contributed by atoms with Crippen LogP contribution in [0.4, 0.5) is 30.6 Å². The van der Waals surface area contributed by atoms with E-state index in [1.54, 1.807) is 13.0 Å². The molecule has 2 aromatic carbocycles. The van der Waals surface area contributed by atoms with E-state index < -0.39 is 17.5 Å². The van der Waals surface area contributed by atoms with Crippen LogP contribution < -0.4 is 10.6 Å². The number of nitrogens with zero attached hydrogens (tertiary/aromatic N) is 2. The van der Waals surface area contributed by atoms with Crippen LogP contribution in [0.5, 0.6) is 0 Å². The third-order valence-corrected chi connectivity index (χ3v) is 3.66. The standard InChI is InChI=1S/C18H17F3N4O.C2H6/c1-3-8-22-18-25-24-17(26-18)11-5-6-12(19)15(21)16(11)23-14-7-4-10(2)9-13(14)20;1-2/h4-7,9,23H,3,8H2,1-2H3,(H,22,25);1-2H3. The van der Waals surface area contributed by atoms with E-state index in [2.05, 4.69) is 20.8 Å². The first-order valence-corrected chi connectivity index (χ1v) is 9.08. The van der Waals surface area contributed by atoms with E-state index in [0.717, 1.165) is 12.5 Å². The molecule has 28 heavy (non-hydrogen) atoms. The van der Waals surface area contributed by atoms with Crippen molar-refractivity contribution < 1.29 is 17.6 Å². The number of aromatic nitrogens is 2. The molecule has 5 nitrogen and oxygen atoms in total. The lowest BCUT2D eigenvalue weighted by molar-refractivity contribution is 0.511. The summed E-state index contributed by atoms with van der Waals surface area (Å²) in [6.07, 6.45) is 0.850. The summed E-state index contributed by atoms with van der Waals surface area (Å²) >= 11 is 0. The molecule has 0 radical (unpaired) electrons. The summed E-state index contributed by atoms with van der Waals surface area (Å²) in [4.78, 5) is 0. The van der Waals surface area contributed by atoms with E-state index in [9.17, 15) is 13.2 Å². The van der Waals surface area contributed by atoms with Crippen molar-refractivity contribution in [3.63, 3.8) is 0 Å². The summed E-state index contributed by atoms with van der Waals surface area (Å²) < 4.78 is 47.7. The van der Waals surface area contributed by atoms with Crippen LogP contribution in [-0.2, 0) is 0 Å². The van der Waals surface area contributed by atoms with Gasteiger partial charge in [-0.25, -0.2) is 13.2 Å². The lowest BCUT2D eigenvalue weighted by Gasteiger charge is -2.12. The Morgan fingerprint density at radius 3 is 2.43 bits per heavy atom. The van der Waals surface area contributed by atoms with Crippen molar-refractivity contribution in [2.24, 2.45) is 0 Å². The van der Waals surface area contributed by atoms with E-state index >= 15 is 0 Å². The van der Waals surface area contributed by atoms with Gasteiger partial charge in [0.25, 0.3) is 5.89 Å². The molecule has 2 N–H and O–H groups in total. The molecule has 0 bridgehead atoms. The maximum atomic E-state index is 14.4. The Balaban J connectivity index is 0.00000136. The molecule has 0 fully saturated rings. The monoisotopic (exact) mass is 392 g/mol. The molecule has 150 valence electrons. The lowest BCUT2D eigenvalue weighted by Crippen LogP contribution is -2.01. The highest BCUT2D eigenvalue weighted by molar-refractivity contribution is 5.78. The summed E-state index contributed by atoms with van der Waals surface area (Å²) in [5, 5.41) is 13.2. The third-order valence-electron chi connectivity index (χ3n) is 3.66. The zero-order chi connectivity index (χ0) is 20.7. The molecule has 1 aromatic heterocycles. The van der Waals surface area contributed by atoms with E-state index in [1.807, 2.05) is 20.8 Å². The summed E-state index contributed by atoms with van der Waals surface area (Å²) in [7, 11) is 0. The van der Waals surface area contributed by atoms with Gasteiger partial charge in [0, 0.05) is 6.54 Å². The molecular weight excluding hydrogens is 369 g/mol. The largest absolute Gasteiger partial charge is 0.403 e. The average molecular weight is 392 g/mol. The van der Waals surface area contributed by atoms with Crippen molar-refractivity contribution in [3.8, 4) is 11.5 Å². The number of hydrogen-bond donors (Lipinski definition) is 2. The van der Waals surface area contributed by atoms with Gasteiger partial charge in [-0.05, 0) is 43.2 Å². The van der Waals surface area contributed by atoms with Crippen molar-refractivity contribution in [2.75, 3.05) is 17.2 Å². The molecule has 0 unspecified atom stereocenters. The van der Waals surface area contributed by atoms with Gasteiger partial charge in [0.1, 0.15) is 5.82 Å². The molecule has 1 heterocycles. The number of halogens is 3. The number of rotatable bonds is 6. The summed E-state index contributed by atoms with van der Waals surface area (Å²) in [5.74, 6) is -2.84. The Morgan fingerprint density at radius 1 is 1.00 bits per heavy atom. The lowest BCUT2D eigenvalue weighted by atomic mass is 10.1. The molecule has 3 aromatic rings. The van der Waals surface area contributed by atoms with Gasteiger partial charge in [-0.3, -0.25) is 0 Å². The normalized spacial score (nSPS) is 10.2. The molecule has 0 amide bonds. The molecule has 0 saturated carbocycles. The van der Waals surface area contributed by atoms with Crippen LogP contribution in [0.3, 0.4) is 0 Å². The van der Waals surface area contributed by atoms with Gasteiger partial charge in [-0.2, -0.15) is 0 Å². The van der Waals surface area contributed by atoms with Crippen LogP contribution in [0.2, 0.25) is 0 Å². The Labute approximate surface area is 162 Å². The van der Waals surface area contributed by atoms with Gasteiger partial charge in [-0.15, -0.1) is 5.10 Å². The molecule has 3 rings (SSSR count). The Bertz CT molecular complexity index is 928. The van der Waals surface area contributed by atoms with Crippen LogP contribution in [0.25, 0.3) is 11.5 Å². The van der Waals surface area contributed by atoms with Crippen LogP contribution in [0.15, 0.2) is 34.7 Å². The Hall–Kier alpha value is -3.03. The van der Waals surface area contributed by atoms with E-state index in [-0.39, 0.29) is 28.8 Å². The molecule has 0 aliphatic carbocycles. The van der Waals surface area contributed by atoms with Crippen LogP contribution in [-0.4, -0.2) is 16.7 Å². The predicted molar refractivity (Wildman–Crippen MR) is 104 cm³/mol. The maximum Gasteiger partial charge on any atom is 0.315 e. The van der Waals surface area contributed by atoms with Gasteiger partial charge in [0.15, 0.2) is 11.6 Å². The second-order valence-electron chi connectivity index (χ2n) is 5.73. The number of hydrogen-bond acceptors (Lipinski definition) is 5. The predicted octanol–water partition coefficient (Wildman–Crippen LogP) is 6.05. The summed E-state index contributed by atoms with van der Waals surface area (Å²) in [6, 6.07) is 6.80. The summed E-state index contributed by atoms with van der Waals surface area (Å²) in [6.45, 7) is 8.32. The zero-order valence-corrected chi connectivity index (χ0v) is 16.2. The van der Waals surface area contributed by atoms with Crippen molar-refractivity contribution in [2.45, 2.75) is 34.1 Å².